The van der Waals surface area contributed by atoms with Crippen LogP contribution in [0.5, 0.6) is 0 Å². The Bertz CT molecular complexity index is 513. The largest absolute Gasteiger partial charge is 0.370 e. The van der Waals surface area contributed by atoms with Gasteiger partial charge in [0.25, 0.3) is 0 Å². The summed E-state index contributed by atoms with van der Waals surface area (Å²) in [6, 6.07) is 4.23. The molecular formula is C14H19F2N3. The van der Waals surface area contributed by atoms with Crippen LogP contribution in [0.25, 0.3) is 0 Å². The first kappa shape index (κ1) is 13.8. The van der Waals surface area contributed by atoms with Crippen LogP contribution in [-0.4, -0.2) is 23.9 Å². The zero-order valence-corrected chi connectivity index (χ0v) is 11.5. The molecule has 0 fully saturated rings. The lowest BCUT2D eigenvalue weighted by Crippen LogP contribution is -2.49. The van der Waals surface area contributed by atoms with Crippen LogP contribution in [0.2, 0.25) is 0 Å². The highest BCUT2D eigenvalue weighted by Gasteiger charge is 2.41. The van der Waals surface area contributed by atoms with Gasteiger partial charge in [0.15, 0.2) is 17.6 Å². The van der Waals surface area contributed by atoms with Gasteiger partial charge in [-0.2, -0.15) is 0 Å². The number of nitrogens with two attached hydrogens (primary N) is 1. The van der Waals surface area contributed by atoms with Gasteiger partial charge in [0, 0.05) is 12.1 Å². The lowest BCUT2D eigenvalue weighted by atomic mass is 9.89. The Kier molecular flexibility index (Phi) is 3.47. The number of hydrogen-bond acceptors (Lipinski definition) is 3. The van der Waals surface area contributed by atoms with Crippen molar-refractivity contribution in [2.24, 2.45) is 16.6 Å². The first-order valence-electron chi connectivity index (χ1n) is 6.38. The number of guanidine groups is 1. The molecule has 1 aromatic carbocycles. The average molecular weight is 267 g/mol. The Morgan fingerprint density at radius 2 is 2.11 bits per heavy atom. The summed E-state index contributed by atoms with van der Waals surface area (Å²) in [6.45, 7) is 6.94. The van der Waals surface area contributed by atoms with E-state index in [2.05, 4.69) is 4.99 Å². The van der Waals surface area contributed by atoms with E-state index in [1.54, 1.807) is 6.07 Å². The topological polar surface area (TPSA) is 41.6 Å². The average Bonchev–Trinajstić information content (AvgIpc) is 2.61. The molecule has 0 bridgehead atoms. The molecule has 0 spiro atoms. The van der Waals surface area contributed by atoms with Crippen molar-refractivity contribution in [1.82, 2.24) is 4.90 Å². The fourth-order valence-electron chi connectivity index (χ4n) is 2.47. The summed E-state index contributed by atoms with van der Waals surface area (Å²) in [4.78, 5) is 6.06. The number of nitrogens with zero attached hydrogens (tertiary/aromatic N) is 2. The minimum atomic E-state index is -0.839. The van der Waals surface area contributed by atoms with Crippen molar-refractivity contribution in [3.8, 4) is 0 Å². The Morgan fingerprint density at radius 1 is 1.42 bits per heavy atom. The van der Waals surface area contributed by atoms with E-state index < -0.39 is 17.2 Å². The summed E-state index contributed by atoms with van der Waals surface area (Å²) in [7, 11) is 0. The summed E-state index contributed by atoms with van der Waals surface area (Å²) in [5.74, 6) is -0.917. The maximum atomic E-state index is 14.0. The molecule has 1 aliphatic rings. The molecule has 0 saturated heterocycles. The third kappa shape index (κ3) is 2.29. The molecule has 2 rings (SSSR count). The van der Waals surface area contributed by atoms with Gasteiger partial charge < -0.3 is 10.6 Å². The van der Waals surface area contributed by atoms with Crippen LogP contribution >= 0.6 is 0 Å². The Morgan fingerprint density at radius 3 is 2.74 bits per heavy atom. The van der Waals surface area contributed by atoms with Crippen molar-refractivity contribution >= 4 is 5.96 Å². The summed E-state index contributed by atoms with van der Waals surface area (Å²) >= 11 is 0. The Labute approximate surface area is 112 Å². The molecule has 104 valence electrons. The molecule has 3 nitrogen and oxygen atoms in total. The molecule has 0 saturated carbocycles. The molecule has 1 unspecified atom stereocenters. The van der Waals surface area contributed by atoms with Crippen molar-refractivity contribution in [3.05, 3.63) is 35.4 Å². The monoisotopic (exact) mass is 267 g/mol. The van der Waals surface area contributed by atoms with E-state index in [0.717, 1.165) is 6.07 Å². The van der Waals surface area contributed by atoms with Crippen LogP contribution < -0.4 is 5.73 Å². The smallest absolute Gasteiger partial charge is 0.192 e. The van der Waals surface area contributed by atoms with Gasteiger partial charge in [-0.25, -0.2) is 8.78 Å². The van der Waals surface area contributed by atoms with Gasteiger partial charge in [0.2, 0.25) is 0 Å². The van der Waals surface area contributed by atoms with E-state index in [1.165, 1.54) is 6.07 Å². The van der Waals surface area contributed by atoms with E-state index in [0.29, 0.717) is 30.5 Å². The maximum Gasteiger partial charge on any atom is 0.192 e. The van der Waals surface area contributed by atoms with Crippen molar-refractivity contribution in [3.63, 3.8) is 0 Å². The number of benzene rings is 1. The standard InChI is InChI=1S/C14H19F2N3/c1-9(2)7-19-13(17)18-8-14(19,3)10-5-4-6-11(15)12(10)16/h4-6,9H,7-8H2,1-3H3,(H2,17,18). The predicted octanol–water partition coefficient (Wildman–Crippen LogP) is 2.47. The second kappa shape index (κ2) is 4.79. The van der Waals surface area contributed by atoms with Crippen molar-refractivity contribution in [2.75, 3.05) is 13.1 Å². The number of hydrogen-bond donors (Lipinski definition) is 1. The lowest BCUT2D eigenvalue weighted by Gasteiger charge is -2.38. The van der Waals surface area contributed by atoms with Crippen LogP contribution in [0.3, 0.4) is 0 Å². The van der Waals surface area contributed by atoms with Crippen LogP contribution in [0, 0.1) is 17.6 Å². The second-order valence-electron chi connectivity index (χ2n) is 5.55. The van der Waals surface area contributed by atoms with Gasteiger partial charge in [-0.3, -0.25) is 4.99 Å². The summed E-state index contributed by atoms with van der Waals surface area (Å²) in [5, 5.41) is 0. The van der Waals surface area contributed by atoms with Gasteiger partial charge in [0.1, 0.15) is 0 Å². The van der Waals surface area contributed by atoms with Gasteiger partial charge >= 0.3 is 0 Å². The first-order chi connectivity index (χ1) is 8.86. The van der Waals surface area contributed by atoms with Gasteiger partial charge in [-0.15, -0.1) is 0 Å². The van der Waals surface area contributed by atoms with Crippen molar-refractivity contribution in [1.29, 1.82) is 0 Å². The zero-order chi connectivity index (χ0) is 14.2. The minimum absolute atomic E-state index is 0.303. The fourth-order valence-corrected chi connectivity index (χ4v) is 2.47. The molecule has 5 heteroatoms. The second-order valence-corrected chi connectivity index (χ2v) is 5.55. The maximum absolute atomic E-state index is 14.0. The molecule has 1 aromatic rings. The minimum Gasteiger partial charge on any atom is -0.370 e. The number of rotatable bonds is 3. The molecule has 1 aliphatic heterocycles. The van der Waals surface area contributed by atoms with Crippen molar-refractivity contribution < 1.29 is 8.78 Å². The van der Waals surface area contributed by atoms with Gasteiger partial charge in [-0.1, -0.05) is 26.0 Å². The van der Waals surface area contributed by atoms with E-state index in [1.807, 2.05) is 25.7 Å². The van der Waals surface area contributed by atoms with Crippen LogP contribution in [0.15, 0.2) is 23.2 Å². The van der Waals surface area contributed by atoms with E-state index >= 15 is 0 Å². The normalized spacial score (nSPS) is 23.1. The van der Waals surface area contributed by atoms with Crippen LogP contribution in [-0.2, 0) is 5.54 Å². The Balaban J connectivity index is 2.44. The van der Waals surface area contributed by atoms with E-state index in [4.69, 9.17) is 5.73 Å². The highest BCUT2D eigenvalue weighted by molar-refractivity contribution is 5.81. The van der Waals surface area contributed by atoms with Crippen LogP contribution in [0.1, 0.15) is 26.3 Å². The molecule has 1 heterocycles. The lowest BCUT2D eigenvalue weighted by molar-refractivity contribution is 0.197. The molecule has 0 aromatic heterocycles. The first-order valence-corrected chi connectivity index (χ1v) is 6.38. The molecule has 19 heavy (non-hydrogen) atoms. The quantitative estimate of drug-likeness (QED) is 0.914. The zero-order valence-electron chi connectivity index (χ0n) is 11.5. The molecule has 2 N–H and O–H groups in total. The summed E-state index contributed by atoms with van der Waals surface area (Å²) in [5.41, 5.74) is 5.47. The Hall–Kier alpha value is -1.65. The van der Waals surface area contributed by atoms with Gasteiger partial charge in [0.05, 0.1) is 12.1 Å². The molecule has 0 amide bonds. The van der Waals surface area contributed by atoms with E-state index in [9.17, 15) is 8.78 Å². The highest BCUT2D eigenvalue weighted by Crippen LogP contribution is 2.35. The van der Waals surface area contributed by atoms with Crippen LogP contribution in [0.4, 0.5) is 8.78 Å². The van der Waals surface area contributed by atoms with Crippen molar-refractivity contribution in [2.45, 2.75) is 26.3 Å². The fraction of sp³-hybridized carbons (Fsp3) is 0.500. The predicted molar refractivity (Wildman–Crippen MR) is 71.7 cm³/mol. The number of aliphatic imine (C=N–C) groups is 1. The van der Waals surface area contributed by atoms with Gasteiger partial charge in [-0.05, 0) is 18.9 Å². The molecule has 0 aliphatic carbocycles. The number of halogens is 2. The SMILES string of the molecule is CC(C)CN1C(N)=NCC1(C)c1cccc(F)c1F. The summed E-state index contributed by atoms with van der Waals surface area (Å²) in [6.07, 6.45) is 0. The highest BCUT2D eigenvalue weighted by atomic mass is 19.2. The third-order valence-corrected chi connectivity index (χ3v) is 3.50. The molecule has 1 atom stereocenters. The third-order valence-electron chi connectivity index (χ3n) is 3.50. The van der Waals surface area contributed by atoms with E-state index in [-0.39, 0.29) is 0 Å². The summed E-state index contributed by atoms with van der Waals surface area (Å²) < 4.78 is 27.5. The molecular weight excluding hydrogens is 248 g/mol. The molecule has 0 radical (unpaired) electrons.